The van der Waals surface area contributed by atoms with Crippen LogP contribution in [0.3, 0.4) is 0 Å². The maximum Gasteiger partial charge on any atom is 0.148 e. The molecule has 1 aromatic heterocycles. The van der Waals surface area contributed by atoms with Crippen molar-refractivity contribution in [3.63, 3.8) is 0 Å². The van der Waals surface area contributed by atoms with Crippen LogP contribution in [0.25, 0.3) is 0 Å². The minimum Gasteiger partial charge on any atom is -0.394 e. The van der Waals surface area contributed by atoms with Crippen molar-refractivity contribution in [1.82, 2.24) is 9.78 Å². The summed E-state index contributed by atoms with van der Waals surface area (Å²) in [7, 11) is 0. The van der Waals surface area contributed by atoms with Crippen LogP contribution in [0.1, 0.15) is 31.9 Å². The van der Waals surface area contributed by atoms with Crippen LogP contribution in [-0.2, 0) is 6.54 Å². The van der Waals surface area contributed by atoms with Gasteiger partial charge in [0.15, 0.2) is 0 Å². The van der Waals surface area contributed by atoms with E-state index in [1.165, 1.54) is 24.3 Å². The number of nitrogens with zero attached hydrogens (tertiary/aromatic N) is 2. The van der Waals surface area contributed by atoms with Crippen molar-refractivity contribution in [3.8, 4) is 0 Å². The summed E-state index contributed by atoms with van der Waals surface area (Å²) < 4.78 is 2.02. The molecule has 1 aliphatic rings. The molecule has 1 saturated heterocycles. The van der Waals surface area contributed by atoms with Gasteiger partial charge in [-0.05, 0) is 43.6 Å². The van der Waals surface area contributed by atoms with Gasteiger partial charge in [0.25, 0.3) is 0 Å². The summed E-state index contributed by atoms with van der Waals surface area (Å²) >= 11 is 2.07. The first-order valence-corrected chi connectivity index (χ1v) is 8.02. The summed E-state index contributed by atoms with van der Waals surface area (Å²) in [6, 6.07) is 0. The number of nitrogens with two attached hydrogens (primary N) is 1. The Hall–Kier alpha value is -0.840. The summed E-state index contributed by atoms with van der Waals surface area (Å²) in [5.41, 5.74) is 7.85. The highest BCUT2D eigenvalue weighted by Gasteiger charge is 2.16. The van der Waals surface area contributed by atoms with E-state index in [2.05, 4.69) is 29.1 Å². The molecule has 102 valence electrons. The van der Waals surface area contributed by atoms with E-state index < -0.39 is 0 Å². The lowest BCUT2D eigenvalue weighted by atomic mass is 10.0. The summed E-state index contributed by atoms with van der Waals surface area (Å²) in [5, 5.41) is 8.01. The van der Waals surface area contributed by atoms with Gasteiger partial charge in [0.1, 0.15) is 5.82 Å². The lowest BCUT2D eigenvalue weighted by molar-refractivity contribution is 0.511. The van der Waals surface area contributed by atoms with Crippen LogP contribution < -0.4 is 11.1 Å². The highest BCUT2D eigenvalue weighted by molar-refractivity contribution is 7.99. The Morgan fingerprint density at radius 2 is 2.17 bits per heavy atom. The van der Waals surface area contributed by atoms with Crippen molar-refractivity contribution < 1.29 is 0 Å². The fourth-order valence-electron chi connectivity index (χ4n) is 2.35. The van der Waals surface area contributed by atoms with Crippen LogP contribution in [0.4, 0.5) is 11.5 Å². The van der Waals surface area contributed by atoms with Gasteiger partial charge in [-0.1, -0.05) is 6.92 Å². The highest BCUT2D eigenvalue weighted by Crippen LogP contribution is 2.26. The van der Waals surface area contributed by atoms with Gasteiger partial charge in [-0.25, -0.2) is 4.68 Å². The van der Waals surface area contributed by atoms with Gasteiger partial charge < -0.3 is 11.1 Å². The molecule has 2 heterocycles. The number of nitrogens with one attached hydrogen (secondary N) is 1. The number of hydrogen-bond donors (Lipinski definition) is 2. The molecule has 0 radical (unpaired) electrons. The quantitative estimate of drug-likeness (QED) is 0.862. The third kappa shape index (κ3) is 3.13. The first-order valence-electron chi connectivity index (χ1n) is 6.86. The Morgan fingerprint density at radius 1 is 1.44 bits per heavy atom. The Kier molecular flexibility index (Phi) is 4.80. The van der Waals surface area contributed by atoms with E-state index in [4.69, 9.17) is 5.73 Å². The fraction of sp³-hybridized carbons (Fsp3) is 0.769. The zero-order valence-corrected chi connectivity index (χ0v) is 12.2. The standard InChI is InChI=1S/C13H24N4S/c1-3-6-17-13(12(14)10(2)16-17)15-9-11-4-7-18-8-5-11/h11,15H,3-9,14H2,1-2H3. The number of aryl methyl sites for hydroxylation is 2. The maximum atomic E-state index is 6.10. The maximum absolute atomic E-state index is 6.10. The van der Waals surface area contributed by atoms with Gasteiger partial charge in [0.2, 0.25) is 0 Å². The molecular formula is C13H24N4S. The smallest absolute Gasteiger partial charge is 0.148 e. The van der Waals surface area contributed by atoms with E-state index in [1.807, 2.05) is 11.6 Å². The second-order valence-corrected chi connectivity index (χ2v) is 6.23. The molecule has 0 spiro atoms. The van der Waals surface area contributed by atoms with Crippen molar-refractivity contribution in [3.05, 3.63) is 5.69 Å². The van der Waals surface area contributed by atoms with Gasteiger partial charge in [0.05, 0.1) is 11.4 Å². The van der Waals surface area contributed by atoms with E-state index in [0.717, 1.165) is 42.6 Å². The lowest BCUT2D eigenvalue weighted by Gasteiger charge is -2.22. The normalized spacial score (nSPS) is 17.0. The Labute approximate surface area is 114 Å². The molecule has 1 aliphatic heterocycles. The number of aromatic nitrogens is 2. The SMILES string of the molecule is CCCn1nc(C)c(N)c1NCC1CCSCC1. The summed E-state index contributed by atoms with van der Waals surface area (Å²) in [6.45, 7) is 6.10. The second-order valence-electron chi connectivity index (χ2n) is 5.01. The van der Waals surface area contributed by atoms with E-state index >= 15 is 0 Å². The molecular weight excluding hydrogens is 244 g/mol. The molecule has 1 aromatic rings. The largest absolute Gasteiger partial charge is 0.394 e. The number of thioether (sulfide) groups is 1. The van der Waals surface area contributed by atoms with E-state index in [-0.39, 0.29) is 0 Å². The Morgan fingerprint density at radius 3 is 2.83 bits per heavy atom. The first-order chi connectivity index (χ1) is 8.72. The van der Waals surface area contributed by atoms with Gasteiger partial charge in [0, 0.05) is 13.1 Å². The van der Waals surface area contributed by atoms with Crippen LogP contribution in [-0.4, -0.2) is 27.8 Å². The van der Waals surface area contributed by atoms with Crippen LogP contribution in [0.15, 0.2) is 0 Å². The fourth-order valence-corrected chi connectivity index (χ4v) is 3.55. The summed E-state index contributed by atoms with van der Waals surface area (Å²) in [6.07, 6.45) is 3.71. The minimum atomic E-state index is 0.788. The van der Waals surface area contributed by atoms with Gasteiger partial charge in [-0.15, -0.1) is 0 Å². The van der Waals surface area contributed by atoms with Gasteiger partial charge in [-0.2, -0.15) is 16.9 Å². The number of anilines is 2. The molecule has 4 nitrogen and oxygen atoms in total. The van der Waals surface area contributed by atoms with Crippen LogP contribution in [0.5, 0.6) is 0 Å². The number of hydrogen-bond acceptors (Lipinski definition) is 4. The second kappa shape index (κ2) is 6.36. The molecule has 0 bridgehead atoms. The molecule has 0 unspecified atom stereocenters. The van der Waals surface area contributed by atoms with Gasteiger partial charge >= 0.3 is 0 Å². The molecule has 5 heteroatoms. The van der Waals surface area contributed by atoms with Gasteiger partial charge in [-0.3, -0.25) is 0 Å². The van der Waals surface area contributed by atoms with Crippen molar-refractivity contribution in [2.45, 2.75) is 39.7 Å². The first kappa shape index (κ1) is 13.6. The molecule has 0 atom stereocenters. The Bertz CT molecular complexity index is 383. The number of rotatable bonds is 5. The highest BCUT2D eigenvalue weighted by atomic mass is 32.2. The summed E-state index contributed by atoms with van der Waals surface area (Å²) in [5.74, 6) is 4.41. The summed E-state index contributed by atoms with van der Waals surface area (Å²) in [4.78, 5) is 0. The third-order valence-corrected chi connectivity index (χ3v) is 4.56. The van der Waals surface area contributed by atoms with Crippen molar-refractivity contribution in [1.29, 1.82) is 0 Å². The van der Waals surface area contributed by atoms with E-state index in [0.29, 0.717) is 0 Å². The van der Waals surface area contributed by atoms with Crippen LogP contribution >= 0.6 is 11.8 Å². The van der Waals surface area contributed by atoms with Crippen LogP contribution in [0, 0.1) is 12.8 Å². The minimum absolute atomic E-state index is 0.788. The van der Waals surface area contributed by atoms with E-state index in [1.54, 1.807) is 0 Å². The predicted molar refractivity (Wildman–Crippen MR) is 80.2 cm³/mol. The zero-order chi connectivity index (χ0) is 13.0. The molecule has 18 heavy (non-hydrogen) atoms. The molecule has 1 fully saturated rings. The molecule has 0 amide bonds. The topological polar surface area (TPSA) is 55.9 Å². The number of nitrogen functional groups attached to an aromatic ring is 1. The molecule has 0 saturated carbocycles. The van der Waals surface area contributed by atoms with E-state index in [9.17, 15) is 0 Å². The molecule has 3 N–H and O–H groups in total. The van der Waals surface area contributed by atoms with Crippen molar-refractivity contribution in [2.75, 3.05) is 29.1 Å². The van der Waals surface area contributed by atoms with Crippen molar-refractivity contribution in [2.24, 2.45) is 5.92 Å². The third-order valence-electron chi connectivity index (χ3n) is 3.51. The molecule has 2 rings (SSSR count). The average Bonchev–Trinajstić information content (AvgIpc) is 2.65. The average molecular weight is 268 g/mol. The molecule has 0 aliphatic carbocycles. The lowest BCUT2D eigenvalue weighted by Crippen LogP contribution is -2.21. The Balaban J connectivity index is 1.98. The predicted octanol–water partition coefficient (Wildman–Crippen LogP) is 2.74. The monoisotopic (exact) mass is 268 g/mol. The van der Waals surface area contributed by atoms with Crippen molar-refractivity contribution >= 4 is 23.3 Å². The zero-order valence-electron chi connectivity index (χ0n) is 11.4. The molecule has 0 aromatic carbocycles. The van der Waals surface area contributed by atoms with Crippen LogP contribution in [0.2, 0.25) is 0 Å².